The van der Waals surface area contributed by atoms with Crippen molar-refractivity contribution in [3.63, 3.8) is 0 Å². The number of ether oxygens (including phenoxy) is 1. The average Bonchev–Trinajstić information content (AvgIpc) is 3.20. The maximum absolute atomic E-state index is 12.4. The minimum atomic E-state index is -0.467. The first kappa shape index (κ1) is 16.9. The van der Waals surface area contributed by atoms with Crippen LogP contribution in [-0.4, -0.2) is 28.8 Å². The van der Waals surface area contributed by atoms with E-state index in [9.17, 15) is 9.59 Å². The summed E-state index contributed by atoms with van der Waals surface area (Å²) in [6.45, 7) is 3.91. The van der Waals surface area contributed by atoms with Gasteiger partial charge in [0.05, 0.1) is 24.2 Å². The first-order chi connectivity index (χ1) is 12.0. The number of amides is 1. The number of carbonyl (C=O) groups excluding carboxylic acids is 2. The van der Waals surface area contributed by atoms with Gasteiger partial charge in [-0.1, -0.05) is 0 Å². The van der Waals surface area contributed by atoms with Gasteiger partial charge in [-0.05, 0) is 55.6 Å². The van der Waals surface area contributed by atoms with Crippen molar-refractivity contribution >= 4 is 28.9 Å². The summed E-state index contributed by atoms with van der Waals surface area (Å²) in [6.07, 6.45) is 0. The fourth-order valence-electron chi connectivity index (χ4n) is 2.50. The number of rotatable bonds is 4. The number of esters is 1. The smallest absolute Gasteiger partial charge is 0.350 e. The maximum atomic E-state index is 12.4. The van der Waals surface area contributed by atoms with E-state index in [1.165, 1.54) is 18.4 Å². The second kappa shape index (κ2) is 6.90. The monoisotopic (exact) mass is 355 g/mol. The first-order valence-corrected chi connectivity index (χ1v) is 8.48. The quantitative estimate of drug-likeness (QED) is 0.726. The molecule has 0 aliphatic carbocycles. The van der Waals surface area contributed by atoms with Gasteiger partial charge < -0.3 is 10.1 Å². The number of aromatic nitrogens is 2. The SMILES string of the molecule is COC(=O)c1sccc1NC(=O)c1ccc(-n2nc(C)cc2C)cc1. The predicted molar refractivity (Wildman–Crippen MR) is 96.6 cm³/mol. The standard InChI is InChI=1S/C18H17N3O3S/c1-11-10-12(2)21(20-11)14-6-4-13(5-7-14)17(22)19-15-8-9-25-16(15)18(23)24-3/h4-10H,1-3H3,(H,19,22). The molecule has 0 saturated carbocycles. The van der Waals surface area contributed by atoms with Crippen LogP contribution >= 0.6 is 11.3 Å². The Labute approximate surface area is 149 Å². The molecule has 1 aromatic carbocycles. The molecule has 0 aliphatic heterocycles. The van der Waals surface area contributed by atoms with Crippen molar-refractivity contribution in [2.24, 2.45) is 0 Å². The van der Waals surface area contributed by atoms with Gasteiger partial charge in [0.1, 0.15) is 4.88 Å². The highest BCUT2D eigenvalue weighted by Crippen LogP contribution is 2.24. The van der Waals surface area contributed by atoms with E-state index < -0.39 is 5.97 Å². The number of hydrogen-bond acceptors (Lipinski definition) is 5. The number of carbonyl (C=O) groups is 2. The molecule has 0 fully saturated rings. The lowest BCUT2D eigenvalue weighted by Gasteiger charge is -2.08. The molecule has 3 rings (SSSR count). The lowest BCUT2D eigenvalue weighted by Crippen LogP contribution is -2.14. The summed E-state index contributed by atoms with van der Waals surface area (Å²) in [7, 11) is 1.31. The van der Waals surface area contributed by atoms with E-state index in [1.54, 1.807) is 23.6 Å². The third-order valence-electron chi connectivity index (χ3n) is 3.67. The van der Waals surface area contributed by atoms with Crippen LogP contribution in [0.2, 0.25) is 0 Å². The van der Waals surface area contributed by atoms with E-state index in [4.69, 9.17) is 4.74 Å². The van der Waals surface area contributed by atoms with Gasteiger partial charge in [0.25, 0.3) is 5.91 Å². The van der Waals surface area contributed by atoms with Gasteiger partial charge in [0.2, 0.25) is 0 Å². The fraction of sp³-hybridized carbons (Fsp3) is 0.167. The first-order valence-electron chi connectivity index (χ1n) is 7.60. The Morgan fingerprint density at radius 3 is 2.48 bits per heavy atom. The van der Waals surface area contributed by atoms with Crippen molar-refractivity contribution in [3.8, 4) is 5.69 Å². The summed E-state index contributed by atoms with van der Waals surface area (Å²) < 4.78 is 6.54. The minimum absolute atomic E-state index is 0.288. The number of nitrogens with zero attached hydrogens (tertiary/aromatic N) is 2. The molecule has 7 heteroatoms. The van der Waals surface area contributed by atoms with E-state index in [0.717, 1.165) is 17.1 Å². The van der Waals surface area contributed by atoms with Crippen LogP contribution in [0, 0.1) is 13.8 Å². The van der Waals surface area contributed by atoms with Crippen molar-refractivity contribution in [3.05, 3.63) is 63.6 Å². The molecule has 1 amide bonds. The van der Waals surface area contributed by atoms with Crippen LogP contribution in [0.15, 0.2) is 41.8 Å². The highest BCUT2D eigenvalue weighted by molar-refractivity contribution is 7.12. The molecule has 0 aliphatic rings. The van der Waals surface area contributed by atoms with E-state index in [2.05, 4.69) is 10.4 Å². The molecule has 0 unspecified atom stereocenters. The van der Waals surface area contributed by atoms with Crippen molar-refractivity contribution in [1.29, 1.82) is 0 Å². The Bertz CT molecular complexity index is 925. The van der Waals surface area contributed by atoms with Gasteiger partial charge in [-0.2, -0.15) is 5.10 Å². The Morgan fingerprint density at radius 2 is 1.88 bits per heavy atom. The molecule has 128 valence electrons. The molecule has 0 radical (unpaired) electrons. The molecule has 1 N–H and O–H groups in total. The highest BCUT2D eigenvalue weighted by atomic mass is 32.1. The Kier molecular flexibility index (Phi) is 4.67. The van der Waals surface area contributed by atoms with Crippen LogP contribution in [0.4, 0.5) is 5.69 Å². The third kappa shape index (κ3) is 3.46. The summed E-state index contributed by atoms with van der Waals surface area (Å²) in [5, 5.41) is 8.90. The van der Waals surface area contributed by atoms with Crippen LogP contribution in [-0.2, 0) is 4.74 Å². The molecule has 2 aromatic heterocycles. The number of aryl methyl sites for hydroxylation is 2. The number of methoxy groups -OCH3 is 1. The molecule has 3 aromatic rings. The fourth-order valence-corrected chi connectivity index (χ4v) is 3.26. The second-order valence-corrected chi connectivity index (χ2v) is 6.41. The Hall–Kier alpha value is -2.93. The summed E-state index contributed by atoms with van der Waals surface area (Å²) in [4.78, 5) is 24.5. The predicted octanol–water partition coefficient (Wildman–Crippen LogP) is 3.59. The van der Waals surface area contributed by atoms with Crippen molar-refractivity contribution in [2.45, 2.75) is 13.8 Å². The van der Waals surface area contributed by atoms with E-state index in [0.29, 0.717) is 16.1 Å². The van der Waals surface area contributed by atoms with Crippen LogP contribution in [0.5, 0.6) is 0 Å². The van der Waals surface area contributed by atoms with Crippen molar-refractivity contribution in [1.82, 2.24) is 9.78 Å². The molecule has 2 heterocycles. The largest absolute Gasteiger partial charge is 0.465 e. The molecule has 0 bridgehead atoms. The van der Waals surface area contributed by atoms with Crippen LogP contribution in [0.25, 0.3) is 5.69 Å². The molecule has 0 saturated heterocycles. The molecular formula is C18H17N3O3S. The number of nitrogens with one attached hydrogen (secondary N) is 1. The van der Waals surface area contributed by atoms with Crippen molar-refractivity contribution in [2.75, 3.05) is 12.4 Å². The summed E-state index contributed by atoms with van der Waals surface area (Å²) in [5.41, 5.74) is 3.78. The third-order valence-corrected chi connectivity index (χ3v) is 4.56. The highest BCUT2D eigenvalue weighted by Gasteiger charge is 2.16. The zero-order valence-corrected chi connectivity index (χ0v) is 14.9. The number of thiophene rings is 1. The van der Waals surface area contributed by atoms with E-state index in [-0.39, 0.29) is 5.91 Å². The summed E-state index contributed by atoms with van der Waals surface area (Å²) in [5.74, 6) is -0.756. The van der Waals surface area contributed by atoms with Gasteiger partial charge in [-0.3, -0.25) is 4.79 Å². The second-order valence-electron chi connectivity index (χ2n) is 5.49. The van der Waals surface area contributed by atoms with Gasteiger partial charge in [-0.15, -0.1) is 11.3 Å². The zero-order chi connectivity index (χ0) is 18.0. The molecule has 0 atom stereocenters. The number of hydrogen-bond donors (Lipinski definition) is 1. The van der Waals surface area contributed by atoms with Gasteiger partial charge in [0.15, 0.2) is 0 Å². The van der Waals surface area contributed by atoms with Gasteiger partial charge >= 0.3 is 5.97 Å². The van der Waals surface area contributed by atoms with E-state index in [1.807, 2.05) is 36.7 Å². The minimum Gasteiger partial charge on any atom is -0.465 e. The zero-order valence-electron chi connectivity index (χ0n) is 14.1. The topological polar surface area (TPSA) is 73.2 Å². The van der Waals surface area contributed by atoms with Gasteiger partial charge in [-0.25, -0.2) is 9.48 Å². The number of anilines is 1. The average molecular weight is 355 g/mol. The Balaban J connectivity index is 1.79. The van der Waals surface area contributed by atoms with Crippen LogP contribution in [0.3, 0.4) is 0 Å². The molecular weight excluding hydrogens is 338 g/mol. The van der Waals surface area contributed by atoms with Crippen LogP contribution < -0.4 is 5.32 Å². The van der Waals surface area contributed by atoms with Gasteiger partial charge in [0, 0.05) is 11.3 Å². The normalized spacial score (nSPS) is 10.5. The maximum Gasteiger partial charge on any atom is 0.350 e. The van der Waals surface area contributed by atoms with Crippen LogP contribution in [0.1, 0.15) is 31.4 Å². The molecule has 6 nitrogen and oxygen atoms in total. The lowest BCUT2D eigenvalue weighted by molar-refractivity contribution is 0.0607. The summed E-state index contributed by atoms with van der Waals surface area (Å²) in [6, 6.07) is 10.8. The van der Waals surface area contributed by atoms with Crippen molar-refractivity contribution < 1.29 is 14.3 Å². The number of benzene rings is 1. The van der Waals surface area contributed by atoms with E-state index >= 15 is 0 Å². The lowest BCUT2D eigenvalue weighted by atomic mass is 10.2. The molecule has 0 spiro atoms. The summed E-state index contributed by atoms with van der Waals surface area (Å²) >= 11 is 1.22. The molecule has 25 heavy (non-hydrogen) atoms. The Morgan fingerprint density at radius 1 is 1.16 bits per heavy atom.